The third kappa shape index (κ3) is 5.66. The summed E-state index contributed by atoms with van der Waals surface area (Å²) in [6.45, 7) is 1.70. The lowest BCUT2D eigenvalue weighted by Crippen LogP contribution is -2.27. The number of nitrogens with zero attached hydrogens (tertiary/aromatic N) is 2. The molecule has 0 atom stereocenters. The first-order valence-corrected chi connectivity index (χ1v) is 4.86. The SMILES string of the molecule is CN(I)CCN(C)C(=O)I. The van der Waals surface area contributed by atoms with Crippen LogP contribution in [0.5, 0.6) is 0 Å². The van der Waals surface area contributed by atoms with Gasteiger partial charge in [-0.2, -0.15) is 0 Å². The van der Waals surface area contributed by atoms with Crippen LogP contribution in [0.3, 0.4) is 0 Å². The van der Waals surface area contributed by atoms with Gasteiger partial charge in [-0.1, -0.05) is 0 Å². The molecular formula is C5H10I2N2O. The Labute approximate surface area is 88.8 Å². The highest BCUT2D eigenvalue weighted by Gasteiger charge is 2.02. The summed E-state index contributed by atoms with van der Waals surface area (Å²) in [7, 11) is 3.78. The van der Waals surface area contributed by atoms with Gasteiger partial charge in [-0.15, -0.1) is 0 Å². The summed E-state index contributed by atoms with van der Waals surface area (Å²) in [6.07, 6.45) is 0. The zero-order valence-corrected chi connectivity index (χ0v) is 10.3. The normalized spacial score (nSPS) is 10.1. The van der Waals surface area contributed by atoms with E-state index >= 15 is 0 Å². The fraction of sp³-hybridized carbons (Fsp3) is 0.800. The second-order valence-corrected chi connectivity index (χ2v) is 4.57. The third-order valence-electron chi connectivity index (χ3n) is 1.04. The lowest BCUT2D eigenvalue weighted by atomic mass is 10.6. The Hall–Kier alpha value is 0.890. The summed E-state index contributed by atoms with van der Waals surface area (Å²) in [4.78, 5) is 12.3. The predicted molar refractivity (Wildman–Crippen MR) is 58.7 cm³/mol. The minimum Gasteiger partial charge on any atom is -0.336 e. The van der Waals surface area contributed by atoms with Gasteiger partial charge in [-0.25, -0.2) is 3.11 Å². The fourth-order valence-corrected chi connectivity index (χ4v) is 0.833. The van der Waals surface area contributed by atoms with E-state index < -0.39 is 0 Å². The number of halogens is 2. The lowest BCUT2D eigenvalue weighted by molar-refractivity contribution is 0.235. The Morgan fingerprint density at radius 3 is 2.20 bits per heavy atom. The minimum absolute atomic E-state index is 0.0934. The van der Waals surface area contributed by atoms with Crippen molar-refractivity contribution in [3.63, 3.8) is 0 Å². The van der Waals surface area contributed by atoms with Crippen molar-refractivity contribution in [2.24, 2.45) is 0 Å². The summed E-state index contributed by atoms with van der Waals surface area (Å²) in [5, 5.41) is 0. The first kappa shape index (κ1) is 10.9. The molecule has 0 unspecified atom stereocenters. The molecule has 0 bridgehead atoms. The second kappa shape index (κ2) is 5.53. The van der Waals surface area contributed by atoms with Crippen LogP contribution in [0, 0.1) is 0 Å². The van der Waals surface area contributed by atoms with E-state index in [1.54, 1.807) is 34.5 Å². The quantitative estimate of drug-likeness (QED) is 0.328. The van der Waals surface area contributed by atoms with Gasteiger partial charge in [-0.3, -0.25) is 4.79 Å². The number of hydrogen-bond acceptors (Lipinski definition) is 2. The number of rotatable bonds is 3. The van der Waals surface area contributed by atoms with Gasteiger partial charge in [0.15, 0.2) is 0 Å². The lowest BCUT2D eigenvalue weighted by Gasteiger charge is -2.15. The molecule has 0 aromatic carbocycles. The molecule has 60 valence electrons. The molecule has 0 aliphatic carbocycles. The predicted octanol–water partition coefficient (Wildman–Crippen LogP) is 1.76. The van der Waals surface area contributed by atoms with Crippen LogP contribution in [-0.2, 0) is 0 Å². The maximum absolute atomic E-state index is 10.6. The molecule has 0 radical (unpaired) electrons. The van der Waals surface area contributed by atoms with Crippen molar-refractivity contribution >= 4 is 49.4 Å². The monoisotopic (exact) mass is 368 g/mol. The molecule has 0 saturated heterocycles. The van der Waals surface area contributed by atoms with E-state index in [1.165, 1.54) is 0 Å². The number of likely N-dealkylation sites (N-methyl/N-ethyl adjacent to an activating group) is 2. The first-order valence-electron chi connectivity index (χ1n) is 2.81. The van der Waals surface area contributed by atoms with E-state index in [0.29, 0.717) is 0 Å². The van der Waals surface area contributed by atoms with Gasteiger partial charge >= 0.3 is 0 Å². The topological polar surface area (TPSA) is 23.6 Å². The van der Waals surface area contributed by atoms with E-state index in [2.05, 4.69) is 22.9 Å². The number of hydrogen-bond donors (Lipinski definition) is 0. The van der Waals surface area contributed by atoms with Crippen LogP contribution in [0.1, 0.15) is 0 Å². The zero-order valence-electron chi connectivity index (χ0n) is 5.97. The molecular weight excluding hydrogens is 358 g/mol. The van der Waals surface area contributed by atoms with Crippen LogP contribution in [0.2, 0.25) is 0 Å². The Morgan fingerprint density at radius 1 is 1.40 bits per heavy atom. The summed E-state index contributed by atoms with van der Waals surface area (Å²) < 4.78 is 2.12. The van der Waals surface area contributed by atoms with Gasteiger partial charge in [0.2, 0.25) is 0 Å². The molecule has 0 spiro atoms. The average molecular weight is 368 g/mol. The molecule has 0 heterocycles. The summed E-state index contributed by atoms with van der Waals surface area (Å²) in [5.41, 5.74) is 0. The Kier molecular flexibility index (Phi) is 6.02. The fourth-order valence-electron chi connectivity index (χ4n) is 0.376. The van der Waals surface area contributed by atoms with Gasteiger partial charge < -0.3 is 4.90 Å². The van der Waals surface area contributed by atoms with E-state index in [4.69, 9.17) is 0 Å². The Morgan fingerprint density at radius 2 is 1.90 bits per heavy atom. The van der Waals surface area contributed by atoms with Gasteiger partial charge in [0.1, 0.15) is 0 Å². The van der Waals surface area contributed by atoms with Crippen molar-refractivity contribution in [3.8, 4) is 0 Å². The molecule has 0 aliphatic rings. The smallest absolute Gasteiger partial charge is 0.282 e. The van der Waals surface area contributed by atoms with E-state index in [9.17, 15) is 4.79 Å². The highest BCUT2D eigenvalue weighted by atomic mass is 127. The average Bonchev–Trinajstić information content (AvgIpc) is 1.82. The van der Waals surface area contributed by atoms with Crippen molar-refractivity contribution < 1.29 is 4.79 Å². The summed E-state index contributed by atoms with van der Waals surface area (Å²) in [5.74, 6) is 0. The maximum atomic E-state index is 10.6. The molecule has 0 rings (SSSR count). The van der Waals surface area contributed by atoms with Crippen LogP contribution in [0.4, 0.5) is 4.79 Å². The van der Waals surface area contributed by atoms with Gasteiger partial charge in [0.25, 0.3) is 3.91 Å². The van der Waals surface area contributed by atoms with Crippen LogP contribution < -0.4 is 0 Å². The van der Waals surface area contributed by atoms with E-state index in [1.807, 2.05) is 10.2 Å². The minimum atomic E-state index is 0.0934. The summed E-state index contributed by atoms with van der Waals surface area (Å²) in [6, 6.07) is 0. The van der Waals surface area contributed by atoms with Crippen LogP contribution in [-0.4, -0.2) is 39.1 Å². The second-order valence-electron chi connectivity index (χ2n) is 2.00. The standard InChI is InChI=1S/C5H10I2N2O/c1-8(5(6)10)3-4-9(2)7/h3-4H2,1-2H3. The summed E-state index contributed by atoms with van der Waals surface area (Å²) >= 11 is 3.97. The van der Waals surface area contributed by atoms with Crippen molar-refractivity contribution in [2.45, 2.75) is 0 Å². The van der Waals surface area contributed by atoms with Crippen molar-refractivity contribution in [1.29, 1.82) is 0 Å². The molecule has 5 heteroatoms. The Balaban J connectivity index is 3.40. The number of amides is 1. The molecule has 0 aromatic heterocycles. The molecule has 0 N–H and O–H groups in total. The maximum Gasteiger partial charge on any atom is 0.282 e. The largest absolute Gasteiger partial charge is 0.336 e. The van der Waals surface area contributed by atoms with Crippen LogP contribution in [0.15, 0.2) is 0 Å². The highest BCUT2D eigenvalue weighted by molar-refractivity contribution is 14.1. The van der Waals surface area contributed by atoms with Crippen LogP contribution in [0.25, 0.3) is 0 Å². The van der Waals surface area contributed by atoms with Crippen LogP contribution >= 0.6 is 45.5 Å². The molecule has 0 aliphatic heterocycles. The molecule has 3 nitrogen and oxygen atoms in total. The zero-order chi connectivity index (χ0) is 8.15. The Bertz CT molecular complexity index is 118. The van der Waals surface area contributed by atoms with Gasteiger partial charge in [-0.05, 0) is 7.05 Å². The van der Waals surface area contributed by atoms with Crippen molar-refractivity contribution in [3.05, 3.63) is 0 Å². The highest BCUT2D eigenvalue weighted by Crippen LogP contribution is 1.97. The van der Waals surface area contributed by atoms with Crippen molar-refractivity contribution in [2.75, 3.05) is 27.2 Å². The van der Waals surface area contributed by atoms with E-state index in [-0.39, 0.29) is 3.91 Å². The molecule has 0 saturated carbocycles. The molecule has 10 heavy (non-hydrogen) atoms. The molecule has 1 amide bonds. The number of carbonyl (C=O) groups is 1. The van der Waals surface area contributed by atoms with E-state index in [0.717, 1.165) is 13.1 Å². The van der Waals surface area contributed by atoms with Gasteiger partial charge in [0.05, 0.1) is 0 Å². The van der Waals surface area contributed by atoms with Gasteiger partial charge in [0, 0.05) is 65.6 Å². The number of carbonyl (C=O) groups excluding carboxylic acids is 1. The van der Waals surface area contributed by atoms with Crippen molar-refractivity contribution in [1.82, 2.24) is 8.01 Å². The first-order chi connectivity index (χ1) is 4.54. The molecule has 0 aromatic rings. The third-order valence-corrected chi connectivity index (χ3v) is 2.35. The molecule has 0 fully saturated rings.